The maximum Gasteiger partial charge on any atom is 0.339 e. The lowest BCUT2D eigenvalue weighted by Crippen LogP contribution is -2.20. The highest BCUT2D eigenvalue weighted by Gasteiger charge is 2.25. The van der Waals surface area contributed by atoms with Crippen molar-refractivity contribution in [2.45, 2.75) is 4.90 Å². The van der Waals surface area contributed by atoms with Crippen LogP contribution in [0.1, 0.15) is 10.4 Å². The van der Waals surface area contributed by atoms with Crippen LogP contribution in [0.3, 0.4) is 0 Å². The summed E-state index contributed by atoms with van der Waals surface area (Å²) in [6, 6.07) is 5.51. The van der Waals surface area contributed by atoms with Gasteiger partial charge in [-0.05, 0) is 12.1 Å². The summed E-state index contributed by atoms with van der Waals surface area (Å²) in [5, 5.41) is 0. The molecule has 18 heavy (non-hydrogen) atoms. The highest BCUT2D eigenvalue weighted by molar-refractivity contribution is 7.92. The molecular weight excluding hydrogens is 260 g/mol. The lowest BCUT2D eigenvalue weighted by Gasteiger charge is -2.07. The van der Waals surface area contributed by atoms with Crippen LogP contribution in [0, 0.1) is 0 Å². The van der Waals surface area contributed by atoms with Crippen molar-refractivity contribution in [1.29, 1.82) is 0 Å². The van der Waals surface area contributed by atoms with E-state index in [9.17, 15) is 18.0 Å². The van der Waals surface area contributed by atoms with Crippen LogP contribution < -0.4 is 0 Å². The summed E-state index contributed by atoms with van der Waals surface area (Å²) < 4.78 is 32.7. The molecule has 7 heteroatoms. The van der Waals surface area contributed by atoms with E-state index in [4.69, 9.17) is 0 Å². The number of ether oxygens (including phenoxy) is 2. The number of hydrogen-bond donors (Lipinski definition) is 0. The Bertz CT molecular complexity index is 561. The van der Waals surface area contributed by atoms with Gasteiger partial charge in [-0.15, -0.1) is 0 Å². The van der Waals surface area contributed by atoms with Crippen molar-refractivity contribution in [1.82, 2.24) is 0 Å². The zero-order valence-corrected chi connectivity index (χ0v) is 10.7. The van der Waals surface area contributed by atoms with Crippen molar-refractivity contribution in [3.8, 4) is 0 Å². The Balaban J connectivity index is 3.24. The fraction of sp³-hybridized carbons (Fsp3) is 0.273. The summed E-state index contributed by atoms with van der Waals surface area (Å²) in [6.07, 6.45) is 0. The topological polar surface area (TPSA) is 86.7 Å². The van der Waals surface area contributed by atoms with Gasteiger partial charge < -0.3 is 9.47 Å². The molecule has 0 unspecified atom stereocenters. The maximum atomic E-state index is 11.9. The number of rotatable bonds is 4. The normalized spacial score (nSPS) is 10.8. The van der Waals surface area contributed by atoms with Crippen molar-refractivity contribution in [2.24, 2.45) is 0 Å². The third kappa shape index (κ3) is 3.07. The smallest absolute Gasteiger partial charge is 0.339 e. The van der Waals surface area contributed by atoms with Crippen molar-refractivity contribution in [3.05, 3.63) is 29.8 Å². The van der Waals surface area contributed by atoms with Gasteiger partial charge in [-0.25, -0.2) is 13.2 Å². The molecule has 1 aromatic carbocycles. The van der Waals surface area contributed by atoms with Crippen molar-refractivity contribution >= 4 is 21.8 Å². The average molecular weight is 272 g/mol. The Hall–Kier alpha value is -1.89. The molecule has 0 fully saturated rings. The second-order valence-electron chi connectivity index (χ2n) is 3.32. The van der Waals surface area contributed by atoms with E-state index in [1.165, 1.54) is 24.3 Å². The van der Waals surface area contributed by atoms with Crippen LogP contribution in [-0.4, -0.2) is 40.3 Å². The van der Waals surface area contributed by atoms with Gasteiger partial charge in [0.25, 0.3) is 0 Å². The van der Waals surface area contributed by atoms with E-state index >= 15 is 0 Å². The van der Waals surface area contributed by atoms with Crippen LogP contribution in [0.25, 0.3) is 0 Å². The van der Waals surface area contributed by atoms with E-state index in [1.54, 1.807) is 0 Å². The van der Waals surface area contributed by atoms with E-state index < -0.39 is 27.5 Å². The van der Waals surface area contributed by atoms with Crippen LogP contribution in [0.5, 0.6) is 0 Å². The minimum Gasteiger partial charge on any atom is -0.468 e. The molecule has 0 radical (unpaired) electrons. The lowest BCUT2D eigenvalue weighted by molar-refractivity contribution is -0.137. The fourth-order valence-corrected chi connectivity index (χ4v) is 2.66. The highest BCUT2D eigenvalue weighted by atomic mass is 32.2. The third-order valence-electron chi connectivity index (χ3n) is 2.16. The first-order valence-electron chi connectivity index (χ1n) is 4.89. The number of hydrogen-bond acceptors (Lipinski definition) is 6. The summed E-state index contributed by atoms with van der Waals surface area (Å²) in [4.78, 5) is 22.2. The van der Waals surface area contributed by atoms with Crippen LogP contribution >= 0.6 is 0 Å². The number of carbonyl (C=O) groups excluding carboxylic acids is 2. The lowest BCUT2D eigenvalue weighted by atomic mass is 10.2. The summed E-state index contributed by atoms with van der Waals surface area (Å²) in [5.41, 5.74) is -0.107. The predicted molar refractivity (Wildman–Crippen MR) is 61.9 cm³/mol. The molecule has 1 aromatic rings. The quantitative estimate of drug-likeness (QED) is 0.738. The molecular formula is C11H12O6S. The summed E-state index contributed by atoms with van der Waals surface area (Å²) in [5.74, 6) is -2.49. The first kappa shape index (κ1) is 14.2. The monoisotopic (exact) mass is 272 g/mol. The standard InChI is InChI=1S/C11H12O6S/c1-16-10(12)7-18(14,15)9-6-4-3-5-8(9)11(13)17-2/h3-6H,7H2,1-2H3. The third-order valence-corrected chi connectivity index (χ3v) is 3.80. The molecule has 0 bridgehead atoms. The molecule has 0 heterocycles. The molecule has 0 aromatic heterocycles. The van der Waals surface area contributed by atoms with E-state index in [0.717, 1.165) is 14.2 Å². The molecule has 1 rings (SSSR count). The van der Waals surface area contributed by atoms with Crippen LogP contribution in [-0.2, 0) is 24.1 Å². The molecule has 0 saturated heterocycles. The van der Waals surface area contributed by atoms with Gasteiger partial charge in [0.2, 0.25) is 0 Å². The first-order chi connectivity index (χ1) is 8.42. The second-order valence-corrected chi connectivity index (χ2v) is 5.28. The Labute approximate surface area is 104 Å². The van der Waals surface area contributed by atoms with Gasteiger partial charge in [0.05, 0.1) is 24.7 Å². The van der Waals surface area contributed by atoms with Crippen LogP contribution in [0.4, 0.5) is 0 Å². The SMILES string of the molecule is COC(=O)CS(=O)(=O)c1ccccc1C(=O)OC. The van der Waals surface area contributed by atoms with Gasteiger partial charge >= 0.3 is 11.9 Å². The molecule has 0 spiro atoms. The largest absolute Gasteiger partial charge is 0.468 e. The number of esters is 2. The van der Waals surface area contributed by atoms with E-state index in [2.05, 4.69) is 9.47 Å². The van der Waals surface area contributed by atoms with Crippen molar-refractivity contribution < 1.29 is 27.5 Å². The summed E-state index contributed by atoms with van der Waals surface area (Å²) >= 11 is 0. The van der Waals surface area contributed by atoms with Gasteiger partial charge in [0.15, 0.2) is 15.6 Å². The van der Waals surface area contributed by atoms with Gasteiger partial charge in [0, 0.05) is 0 Å². The van der Waals surface area contributed by atoms with Crippen LogP contribution in [0.2, 0.25) is 0 Å². The Kier molecular flexibility index (Phi) is 4.43. The van der Waals surface area contributed by atoms with Gasteiger partial charge in [-0.3, -0.25) is 4.79 Å². The number of methoxy groups -OCH3 is 2. The number of sulfone groups is 1. The fourth-order valence-electron chi connectivity index (χ4n) is 1.31. The number of benzene rings is 1. The Morgan fingerprint density at radius 3 is 2.28 bits per heavy atom. The minimum absolute atomic E-state index is 0.107. The highest BCUT2D eigenvalue weighted by Crippen LogP contribution is 2.18. The molecule has 0 atom stereocenters. The first-order valence-corrected chi connectivity index (χ1v) is 6.54. The molecule has 0 N–H and O–H groups in total. The summed E-state index contributed by atoms with van der Waals surface area (Å²) in [7, 11) is -1.70. The number of carbonyl (C=O) groups is 2. The molecule has 6 nitrogen and oxygen atoms in total. The van der Waals surface area contributed by atoms with E-state index in [1.807, 2.05) is 0 Å². The van der Waals surface area contributed by atoms with Crippen LogP contribution in [0.15, 0.2) is 29.2 Å². The van der Waals surface area contributed by atoms with Crippen molar-refractivity contribution in [2.75, 3.05) is 20.0 Å². The van der Waals surface area contributed by atoms with Gasteiger partial charge in [0.1, 0.15) is 0 Å². The summed E-state index contributed by atoms with van der Waals surface area (Å²) in [6.45, 7) is 0. The predicted octanol–water partition coefficient (Wildman–Crippen LogP) is 0.420. The molecule has 0 saturated carbocycles. The zero-order chi connectivity index (χ0) is 13.8. The van der Waals surface area contributed by atoms with Crippen molar-refractivity contribution in [3.63, 3.8) is 0 Å². The minimum atomic E-state index is -3.93. The Morgan fingerprint density at radius 1 is 1.11 bits per heavy atom. The zero-order valence-electron chi connectivity index (χ0n) is 9.87. The maximum absolute atomic E-state index is 11.9. The second kappa shape index (κ2) is 5.63. The molecule has 0 aliphatic heterocycles. The molecule has 98 valence electrons. The van der Waals surface area contributed by atoms with Gasteiger partial charge in [-0.1, -0.05) is 12.1 Å². The molecule has 0 amide bonds. The van der Waals surface area contributed by atoms with E-state index in [0.29, 0.717) is 0 Å². The van der Waals surface area contributed by atoms with E-state index in [-0.39, 0.29) is 10.5 Å². The Morgan fingerprint density at radius 2 is 1.72 bits per heavy atom. The van der Waals surface area contributed by atoms with Gasteiger partial charge in [-0.2, -0.15) is 0 Å². The average Bonchev–Trinajstić information content (AvgIpc) is 2.37. The molecule has 0 aliphatic carbocycles. The molecule has 0 aliphatic rings.